The smallest absolute Gasteiger partial charge is 0.306 e. The van der Waals surface area contributed by atoms with E-state index in [2.05, 4.69) is 4.98 Å². The molecule has 0 bridgehead atoms. The lowest BCUT2D eigenvalue weighted by molar-refractivity contribution is -0.151. The van der Waals surface area contributed by atoms with E-state index < -0.39 is 0 Å². The first-order valence-corrected chi connectivity index (χ1v) is 11.0. The van der Waals surface area contributed by atoms with Crippen LogP contribution in [0.1, 0.15) is 17.0 Å². The van der Waals surface area contributed by atoms with Gasteiger partial charge in [0.1, 0.15) is 0 Å². The molecule has 7 heteroatoms. The lowest BCUT2D eigenvalue weighted by Gasteiger charge is -2.17. The van der Waals surface area contributed by atoms with E-state index in [-0.39, 0.29) is 24.9 Å². The third kappa shape index (κ3) is 5.56. The molecule has 0 atom stereocenters. The highest BCUT2D eigenvalue weighted by molar-refractivity contribution is 7.98. The van der Waals surface area contributed by atoms with Crippen molar-refractivity contribution in [1.82, 2.24) is 9.88 Å². The molecule has 0 N–H and O–H groups in total. The van der Waals surface area contributed by atoms with Crippen LogP contribution in [0.2, 0.25) is 0 Å². The van der Waals surface area contributed by atoms with Crippen molar-refractivity contribution in [2.24, 2.45) is 0 Å². The minimum Gasteiger partial charge on any atom is -0.456 e. The molecule has 146 valence electrons. The predicted octanol–water partition coefficient (Wildman–Crippen LogP) is 4.15. The van der Waals surface area contributed by atoms with E-state index in [0.29, 0.717) is 13.0 Å². The molecule has 1 heterocycles. The van der Waals surface area contributed by atoms with E-state index >= 15 is 0 Å². The SMILES string of the molecule is CSc1ccc(CN(C)C(=O)COC(=O)CCc2nc3ccccc3s2)cc1. The molecule has 28 heavy (non-hydrogen) atoms. The minimum absolute atomic E-state index is 0.215. The molecule has 0 aliphatic rings. The molecule has 0 spiro atoms. The van der Waals surface area contributed by atoms with Gasteiger partial charge in [-0.1, -0.05) is 24.3 Å². The van der Waals surface area contributed by atoms with Crippen molar-refractivity contribution in [2.75, 3.05) is 19.9 Å². The van der Waals surface area contributed by atoms with Crippen LogP contribution >= 0.6 is 23.1 Å². The van der Waals surface area contributed by atoms with Crippen LogP contribution < -0.4 is 0 Å². The van der Waals surface area contributed by atoms with Gasteiger partial charge in [-0.3, -0.25) is 9.59 Å². The van der Waals surface area contributed by atoms with Gasteiger partial charge in [0.15, 0.2) is 6.61 Å². The third-order valence-corrected chi connectivity index (χ3v) is 6.08. The lowest BCUT2D eigenvalue weighted by atomic mass is 10.2. The molecule has 0 unspecified atom stereocenters. The number of thiazole rings is 1. The van der Waals surface area contributed by atoms with E-state index in [1.807, 2.05) is 54.8 Å². The Morgan fingerprint density at radius 1 is 1.14 bits per heavy atom. The largest absolute Gasteiger partial charge is 0.456 e. The van der Waals surface area contributed by atoms with Crippen molar-refractivity contribution >= 4 is 45.2 Å². The number of fused-ring (bicyclic) bond motifs is 1. The molecule has 0 aliphatic carbocycles. The summed E-state index contributed by atoms with van der Waals surface area (Å²) in [5.74, 6) is -0.604. The lowest BCUT2D eigenvalue weighted by Crippen LogP contribution is -2.30. The van der Waals surface area contributed by atoms with Crippen LogP contribution in [0.25, 0.3) is 10.2 Å². The third-order valence-electron chi connectivity index (χ3n) is 4.24. The zero-order chi connectivity index (χ0) is 19.9. The molecule has 0 radical (unpaired) electrons. The van der Waals surface area contributed by atoms with Crippen molar-refractivity contribution in [1.29, 1.82) is 0 Å². The first-order valence-electron chi connectivity index (χ1n) is 8.92. The second-order valence-electron chi connectivity index (χ2n) is 6.33. The molecule has 3 aromatic rings. The van der Waals surface area contributed by atoms with E-state index in [1.54, 1.807) is 35.0 Å². The number of likely N-dealkylation sites (N-methyl/N-ethyl adjacent to an activating group) is 1. The fraction of sp³-hybridized carbons (Fsp3) is 0.286. The van der Waals surface area contributed by atoms with E-state index in [1.165, 1.54) is 4.90 Å². The van der Waals surface area contributed by atoms with Gasteiger partial charge >= 0.3 is 5.97 Å². The van der Waals surface area contributed by atoms with Crippen molar-refractivity contribution in [3.05, 3.63) is 59.1 Å². The number of carbonyl (C=O) groups is 2. The normalized spacial score (nSPS) is 10.8. The van der Waals surface area contributed by atoms with Crippen molar-refractivity contribution < 1.29 is 14.3 Å². The fourth-order valence-corrected chi connectivity index (χ4v) is 4.03. The number of benzene rings is 2. The number of ether oxygens (including phenoxy) is 1. The zero-order valence-corrected chi connectivity index (χ0v) is 17.5. The van der Waals surface area contributed by atoms with E-state index in [9.17, 15) is 9.59 Å². The highest BCUT2D eigenvalue weighted by Gasteiger charge is 2.13. The van der Waals surface area contributed by atoms with Crippen molar-refractivity contribution in [3.8, 4) is 0 Å². The van der Waals surface area contributed by atoms with Gasteiger partial charge < -0.3 is 9.64 Å². The molecule has 0 saturated heterocycles. The Hall–Kier alpha value is -2.38. The molecule has 1 aromatic heterocycles. The molecule has 1 amide bonds. The van der Waals surface area contributed by atoms with Gasteiger partial charge in [-0.25, -0.2) is 4.98 Å². The van der Waals surface area contributed by atoms with Gasteiger partial charge in [-0.05, 0) is 36.1 Å². The Labute approximate surface area is 172 Å². The maximum atomic E-state index is 12.2. The predicted molar refractivity (Wildman–Crippen MR) is 114 cm³/mol. The maximum Gasteiger partial charge on any atom is 0.306 e. The summed E-state index contributed by atoms with van der Waals surface area (Å²) in [5.41, 5.74) is 1.98. The summed E-state index contributed by atoms with van der Waals surface area (Å²) >= 11 is 3.25. The number of thioether (sulfide) groups is 1. The van der Waals surface area contributed by atoms with Gasteiger partial charge in [0, 0.05) is 24.9 Å². The number of carbonyl (C=O) groups excluding carboxylic acids is 2. The van der Waals surface area contributed by atoms with E-state index in [4.69, 9.17) is 4.74 Å². The Morgan fingerprint density at radius 2 is 1.89 bits per heavy atom. The van der Waals surface area contributed by atoms with Crippen molar-refractivity contribution in [3.63, 3.8) is 0 Å². The number of para-hydroxylation sites is 1. The monoisotopic (exact) mass is 414 g/mol. The molecular weight excluding hydrogens is 392 g/mol. The highest BCUT2D eigenvalue weighted by atomic mass is 32.2. The molecule has 2 aromatic carbocycles. The first kappa shape index (κ1) is 20.4. The quantitative estimate of drug-likeness (QED) is 0.409. The summed E-state index contributed by atoms with van der Waals surface area (Å²) in [6.45, 7) is 0.245. The standard InChI is InChI=1S/C21H22N2O3S2/c1-23(13-15-7-9-16(27-2)10-8-15)20(24)14-26-21(25)12-11-19-22-17-5-3-4-6-18(17)28-19/h3-10H,11-14H2,1-2H3. The van der Waals surface area contributed by atoms with Crippen LogP contribution in [0.4, 0.5) is 0 Å². The second kappa shape index (κ2) is 9.71. The van der Waals surface area contributed by atoms with Crippen LogP contribution in [0.15, 0.2) is 53.4 Å². The first-order chi connectivity index (χ1) is 13.5. The molecule has 0 fully saturated rings. The van der Waals surface area contributed by atoms with Gasteiger partial charge in [-0.15, -0.1) is 23.1 Å². The molecule has 0 aliphatic heterocycles. The van der Waals surface area contributed by atoms with Gasteiger partial charge in [-0.2, -0.15) is 0 Å². The average molecular weight is 415 g/mol. The number of hydrogen-bond donors (Lipinski definition) is 0. The molecular formula is C21H22N2O3S2. The number of rotatable bonds is 8. The number of amides is 1. The number of aromatic nitrogens is 1. The van der Waals surface area contributed by atoms with Crippen LogP contribution in [0, 0.1) is 0 Å². The number of nitrogens with zero attached hydrogens (tertiary/aromatic N) is 2. The summed E-state index contributed by atoms with van der Waals surface area (Å²) in [4.78, 5) is 31.4. The Kier molecular flexibility index (Phi) is 7.06. The number of aryl methyl sites for hydroxylation is 1. The van der Waals surface area contributed by atoms with Crippen molar-refractivity contribution in [2.45, 2.75) is 24.3 Å². The zero-order valence-electron chi connectivity index (χ0n) is 15.9. The minimum atomic E-state index is -0.384. The fourth-order valence-electron chi connectivity index (χ4n) is 2.65. The summed E-state index contributed by atoms with van der Waals surface area (Å²) < 4.78 is 6.24. The van der Waals surface area contributed by atoms with E-state index in [0.717, 1.165) is 20.8 Å². The Bertz CT molecular complexity index is 921. The second-order valence-corrected chi connectivity index (χ2v) is 8.33. The molecule has 5 nitrogen and oxygen atoms in total. The summed E-state index contributed by atoms with van der Waals surface area (Å²) in [7, 11) is 1.71. The Morgan fingerprint density at radius 3 is 2.61 bits per heavy atom. The van der Waals surface area contributed by atoms with Crippen LogP contribution in [-0.4, -0.2) is 41.7 Å². The van der Waals surface area contributed by atoms with Crippen LogP contribution in [0.3, 0.4) is 0 Å². The maximum absolute atomic E-state index is 12.2. The van der Waals surface area contributed by atoms with Gasteiger partial charge in [0.25, 0.3) is 5.91 Å². The topological polar surface area (TPSA) is 59.5 Å². The summed E-state index contributed by atoms with van der Waals surface area (Å²) in [5, 5.41) is 0.898. The molecule has 0 saturated carbocycles. The number of hydrogen-bond acceptors (Lipinski definition) is 6. The number of esters is 1. The van der Waals surface area contributed by atoms with Gasteiger partial charge in [0.2, 0.25) is 0 Å². The van der Waals surface area contributed by atoms with Gasteiger partial charge in [0.05, 0.1) is 21.6 Å². The summed E-state index contributed by atoms with van der Waals surface area (Å²) in [6, 6.07) is 15.9. The van der Waals surface area contributed by atoms with Crippen LogP contribution in [-0.2, 0) is 27.3 Å². The summed E-state index contributed by atoms with van der Waals surface area (Å²) in [6.07, 6.45) is 2.76. The Balaban J connectivity index is 1.42. The highest BCUT2D eigenvalue weighted by Crippen LogP contribution is 2.22. The molecule has 3 rings (SSSR count). The average Bonchev–Trinajstić information content (AvgIpc) is 3.14. The van der Waals surface area contributed by atoms with Crippen LogP contribution in [0.5, 0.6) is 0 Å².